The highest BCUT2D eigenvalue weighted by Crippen LogP contribution is 2.26. The molecule has 0 N–H and O–H groups in total. The zero-order chi connectivity index (χ0) is 18.6. The van der Waals surface area contributed by atoms with Crippen LogP contribution in [-0.2, 0) is 21.4 Å². The molecule has 0 saturated carbocycles. The Labute approximate surface area is 155 Å². The number of rotatable bonds is 4. The zero-order valence-electron chi connectivity index (χ0n) is 15.5. The van der Waals surface area contributed by atoms with Crippen LogP contribution in [-0.4, -0.2) is 47.8 Å². The van der Waals surface area contributed by atoms with Crippen LogP contribution in [0.1, 0.15) is 25.0 Å². The van der Waals surface area contributed by atoms with Crippen molar-refractivity contribution in [2.24, 2.45) is 0 Å². The quantitative estimate of drug-likeness (QED) is 0.851. The molecule has 0 spiro atoms. The van der Waals surface area contributed by atoms with Gasteiger partial charge in [-0.2, -0.15) is 0 Å². The average Bonchev–Trinajstić information content (AvgIpc) is 2.69. The van der Waals surface area contributed by atoms with E-state index in [1.807, 2.05) is 84.3 Å². The predicted octanol–water partition coefficient (Wildman–Crippen LogP) is 2.88. The summed E-state index contributed by atoms with van der Waals surface area (Å²) in [5, 5.41) is 0. The molecule has 4 nitrogen and oxygen atoms in total. The highest BCUT2D eigenvalue weighted by molar-refractivity contribution is 5.87. The van der Waals surface area contributed by atoms with Crippen molar-refractivity contribution in [1.82, 2.24) is 9.80 Å². The Morgan fingerprint density at radius 3 is 1.88 bits per heavy atom. The van der Waals surface area contributed by atoms with Crippen molar-refractivity contribution in [2.45, 2.75) is 25.7 Å². The van der Waals surface area contributed by atoms with Crippen molar-refractivity contribution < 1.29 is 9.59 Å². The molecule has 0 bridgehead atoms. The summed E-state index contributed by atoms with van der Waals surface area (Å²) in [5.41, 5.74) is 1.49. The van der Waals surface area contributed by atoms with Gasteiger partial charge in [-0.05, 0) is 25.0 Å². The van der Waals surface area contributed by atoms with Gasteiger partial charge in [0.2, 0.25) is 11.8 Å². The Bertz CT molecular complexity index is 748. The first-order chi connectivity index (χ1) is 12.5. The lowest BCUT2D eigenvalue weighted by atomic mass is 9.83. The van der Waals surface area contributed by atoms with Gasteiger partial charge in [0, 0.05) is 26.2 Å². The summed E-state index contributed by atoms with van der Waals surface area (Å²) in [7, 11) is 0. The van der Waals surface area contributed by atoms with Crippen molar-refractivity contribution in [3.8, 4) is 0 Å². The molecule has 3 rings (SSSR count). The van der Waals surface area contributed by atoms with E-state index in [2.05, 4.69) is 0 Å². The van der Waals surface area contributed by atoms with E-state index in [0.717, 1.165) is 11.1 Å². The molecule has 136 valence electrons. The summed E-state index contributed by atoms with van der Waals surface area (Å²) in [4.78, 5) is 29.3. The van der Waals surface area contributed by atoms with Gasteiger partial charge in [0.1, 0.15) is 0 Å². The smallest absolute Gasteiger partial charge is 0.232 e. The van der Waals surface area contributed by atoms with Gasteiger partial charge >= 0.3 is 0 Å². The minimum Gasteiger partial charge on any atom is -0.339 e. The van der Waals surface area contributed by atoms with E-state index in [-0.39, 0.29) is 11.8 Å². The van der Waals surface area contributed by atoms with Crippen LogP contribution in [0.3, 0.4) is 0 Å². The molecular formula is C22H26N2O2. The van der Waals surface area contributed by atoms with E-state index in [0.29, 0.717) is 32.6 Å². The maximum absolute atomic E-state index is 13.0. The summed E-state index contributed by atoms with van der Waals surface area (Å²) in [6.45, 7) is 6.32. The van der Waals surface area contributed by atoms with Crippen molar-refractivity contribution in [3.63, 3.8) is 0 Å². The normalized spacial score (nSPS) is 15.0. The maximum atomic E-state index is 13.0. The number of carbonyl (C=O) groups excluding carboxylic acids is 2. The minimum atomic E-state index is -0.558. The third-order valence-electron chi connectivity index (χ3n) is 5.15. The Morgan fingerprint density at radius 1 is 0.808 bits per heavy atom. The molecule has 1 fully saturated rings. The number of hydrogen-bond donors (Lipinski definition) is 0. The summed E-state index contributed by atoms with van der Waals surface area (Å²) in [6.07, 6.45) is 0.421. The van der Waals surface area contributed by atoms with Crippen LogP contribution in [0.15, 0.2) is 60.7 Å². The van der Waals surface area contributed by atoms with Crippen LogP contribution >= 0.6 is 0 Å². The van der Waals surface area contributed by atoms with Crippen molar-refractivity contribution in [3.05, 3.63) is 71.8 Å². The van der Waals surface area contributed by atoms with Gasteiger partial charge < -0.3 is 9.80 Å². The molecule has 2 aromatic carbocycles. The van der Waals surface area contributed by atoms with Crippen molar-refractivity contribution in [2.75, 3.05) is 26.2 Å². The molecule has 2 aromatic rings. The van der Waals surface area contributed by atoms with E-state index in [1.165, 1.54) is 0 Å². The number of hydrogen-bond acceptors (Lipinski definition) is 2. The molecule has 1 aliphatic rings. The fourth-order valence-electron chi connectivity index (χ4n) is 3.41. The number of carbonyl (C=O) groups is 2. The monoisotopic (exact) mass is 350 g/mol. The molecule has 0 aliphatic carbocycles. The molecule has 0 atom stereocenters. The van der Waals surface area contributed by atoms with Crippen molar-refractivity contribution in [1.29, 1.82) is 0 Å². The van der Waals surface area contributed by atoms with E-state index >= 15 is 0 Å². The molecule has 1 aliphatic heterocycles. The lowest BCUT2D eigenvalue weighted by Gasteiger charge is -2.39. The van der Waals surface area contributed by atoms with Crippen LogP contribution in [0.5, 0.6) is 0 Å². The fraction of sp³-hybridized carbons (Fsp3) is 0.364. The van der Waals surface area contributed by atoms with E-state index in [4.69, 9.17) is 0 Å². The third-order valence-corrected chi connectivity index (χ3v) is 5.15. The average molecular weight is 350 g/mol. The fourth-order valence-corrected chi connectivity index (χ4v) is 3.41. The molecule has 1 saturated heterocycles. The molecule has 2 amide bonds. The van der Waals surface area contributed by atoms with Crippen molar-refractivity contribution >= 4 is 11.8 Å². The molecule has 26 heavy (non-hydrogen) atoms. The van der Waals surface area contributed by atoms with Gasteiger partial charge in [-0.1, -0.05) is 60.7 Å². The molecule has 0 aromatic heterocycles. The van der Waals surface area contributed by atoms with Crippen LogP contribution < -0.4 is 0 Å². The molecular weight excluding hydrogens is 324 g/mol. The van der Waals surface area contributed by atoms with E-state index in [9.17, 15) is 9.59 Å². The second-order valence-electron chi connectivity index (χ2n) is 7.33. The van der Waals surface area contributed by atoms with Gasteiger partial charge in [0.25, 0.3) is 0 Å². The van der Waals surface area contributed by atoms with E-state index < -0.39 is 5.41 Å². The second-order valence-corrected chi connectivity index (χ2v) is 7.33. The predicted molar refractivity (Wildman–Crippen MR) is 103 cm³/mol. The summed E-state index contributed by atoms with van der Waals surface area (Å²) in [5.74, 6) is 0.254. The van der Waals surface area contributed by atoms with Crippen LogP contribution in [0, 0.1) is 0 Å². The van der Waals surface area contributed by atoms with Gasteiger partial charge in [0.05, 0.1) is 11.8 Å². The van der Waals surface area contributed by atoms with E-state index in [1.54, 1.807) is 0 Å². The highest BCUT2D eigenvalue weighted by Gasteiger charge is 2.35. The summed E-state index contributed by atoms with van der Waals surface area (Å²) in [6, 6.07) is 19.7. The Kier molecular flexibility index (Phi) is 5.40. The lowest BCUT2D eigenvalue weighted by Crippen LogP contribution is -2.54. The van der Waals surface area contributed by atoms with Gasteiger partial charge in [-0.3, -0.25) is 9.59 Å². The Morgan fingerprint density at radius 2 is 1.31 bits per heavy atom. The number of amides is 2. The molecule has 4 heteroatoms. The first kappa shape index (κ1) is 18.2. The Balaban J connectivity index is 1.58. The zero-order valence-corrected chi connectivity index (χ0v) is 15.5. The first-order valence-corrected chi connectivity index (χ1v) is 9.15. The minimum absolute atomic E-state index is 0.124. The van der Waals surface area contributed by atoms with Crippen LogP contribution in [0.2, 0.25) is 0 Å². The summed E-state index contributed by atoms with van der Waals surface area (Å²) >= 11 is 0. The molecule has 1 heterocycles. The Hall–Kier alpha value is -2.62. The lowest BCUT2D eigenvalue weighted by molar-refractivity contribution is -0.142. The SMILES string of the molecule is CC(C)(C(=O)N1CCN(C(=O)Cc2ccccc2)CC1)c1ccccc1. The maximum Gasteiger partial charge on any atom is 0.232 e. The van der Waals surface area contributed by atoms with Gasteiger partial charge in [0.15, 0.2) is 0 Å². The highest BCUT2D eigenvalue weighted by atomic mass is 16.2. The summed E-state index contributed by atoms with van der Waals surface area (Å²) < 4.78 is 0. The first-order valence-electron chi connectivity index (χ1n) is 9.15. The standard InChI is InChI=1S/C22H26N2O2/c1-22(2,19-11-7-4-8-12-19)21(26)24-15-13-23(14-16-24)20(25)17-18-9-5-3-6-10-18/h3-12H,13-17H2,1-2H3. The number of piperazine rings is 1. The van der Waals surface area contributed by atoms with Gasteiger partial charge in [-0.25, -0.2) is 0 Å². The number of nitrogens with zero attached hydrogens (tertiary/aromatic N) is 2. The molecule has 0 unspecified atom stereocenters. The largest absolute Gasteiger partial charge is 0.339 e. The van der Waals surface area contributed by atoms with Crippen LogP contribution in [0.25, 0.3) is 0 Å². The third kappa shape index (κ3) is 3.96. The van der Waals surface area contributed by atoms with Gasteiger partial charge in [-0.15, -0.1) is 0 Å². The second kappa shape index (κ2) is 7.73. The van der Waals surface area contributed by atoms with Crippen LogP contribution in [0.4, 0.5) is 0 Å². The molecule has 0 radical (unpaired) electrons. The topological polar surface area (TPSA) is 40.6 Å². The number of benzene rings is 2.